The molecule has 0 bridgehead atoms. The summed E-state index contributed by atoms with van der Waals surface area (Å²) in [6.07, 6.45) is 0. The molecule has 7 nitrogen and oxygen atoms in total. The number of benzene rings is 2. The molecule has 0 aliphatic carbocycles. The van der Waals surface area contributed by atoms with Crippen LogP contribution in [0.5, 0.6) is 5.88 Å². The quantitative estimate of drug-likeness (QED) is 0.489. The molecule has 2 aromatic carbocycles. The summed E-state index contributed by atoms with van der Waals surface area (Å²) in [4.78, 5) is 2.14. The summed E-state index contributed by atoms with van der Waals surface area (Å²) in [5.41, 5.74) is 5.79. The van der Waals surface area contributed by atoms with Crippen molar-refractivity contribution in [3.63, 3.8) is 0 Å². The number of hydrazone groups is 1. The first kappa shape index (κ1) is 18.4. The lowest BCUT2D eigenvalue weighted by atomic mass is 10.1. The van der Waals surface area contributed by atoms with Gasteiger partial charge >= 0.3 is 0 Å². The Morgan fingerprint density at radius 3 is 2.50 bits per heavy atom. The summed E-state index contributed by atoms with van der Waals surface area (Å²) in [7, 11) is 0. The Hall–Kier alpha value is -2.97. The van der Waals surface area contributed by atoms with Gasteiger partial charge in [-0.3, -0.25) is 5.43 Å². The van der Waals surface area contributed by atoms with Crippen molar-refractivity contribution in [3.05, 3.63) is 66.2 Å². The Labute approximate surface area is 167 Å². The molecule has 0 saturated carbocycles. The zero-order chi connectivity index (χ0) is 19.0. The van der Waals surface area contributed by atoms with E-state index < -0.39 is 0 Å². The molecule has 3 aromatic rings. The summed E-state index contributed by atoms with van der Waals surface area (Å²) in [6.45, 7) is 3.24. The van der Waals surface area contributed by atoms with E-state index in [1.807, 2.05) is 60.7 Å². The highest BCUT2D eigenvalue weighted by Gasteiger charge is 2.20. The molecular formula is C20H21N5O2S. The van der Waals surface area contributed by atoms with Crippen molar-refractivity contribution < 1.29 is 9.47 Å². The first-order valence-electron chi connectivity index (χ1n) is 9.11. The highest BCUT2D eigenvalue weighted by molar-refractivity contribution is 6.99. The molecule has 0 unspecified atom stereocenters. The number of nitrogens with zero attached hydrogens (tertiary/aromatic N) is 4. The maximum absolute atomic E-state index is 6.02. The average Bonchev–Trinajstić information content (AvgIpc) is 3.24. The van der Waals surface area contributed by atoms with Crippen LogP contribution >= 0.6 is 11.7 Å². The van der Waals surface area contributed by atoms with Crippen molar-refractivity contribution in [2.45, 2.75) is 0 Å². The van der Waals surface area contributed by atoms with Crippen molar-refractivity contribution in [3.8, 4) is 5.88 Å². The topological polar surface area (TPSA) is 71.9 Å². The van der Waals surface area contributed by atoms with Crippen LogP contribution in [0.15, 0.2) is 65.8 Å². The predicted octanol–water partition coefficient (Wildman–Crippen LogP) is 3.27. The van der Waals surface area contributed by atoms with E-state index in [2.05, 4.69) is 24.2 Å². The van der Waals surface area contributed by atoms with Crippen molar-refractivity contribution in [2.24, 2.45) is 5.10 Å². The van der Waals surface area contributed by atoms with Crippen molar-refractivity contribution in [2.75, 3.05) is 43.2 Å². The second kappa shape index (κ2) is 9.29. The summed E-state index contributed by atoms with van der Waals surface area (Å²) in [5, 5.41) is 4.57. The fourth-order valence-corrected chi connectivity index (χ4v) is 3.35. The molecule has 8 heteroatoms. The Balaban J connectivity index is 1.50. The summed E-state index contributed by atoms with van der Waals surface area (Å²) in [6, 6.07) is 19.8. The van der Waals surface area contributed by atoms with E-state index in [4.69, 9.17) is 9.47 Å². The zero-order valence-corrected chi connectivity index (χ0v) is 16.1. The van der Waals surface area contributed by atoms with Crippen LogP contribution in [0.2, 0.25) is 0 Å². The van der Waals surface area contributed by atoms with Gasteiger partial charge in [-0.1, -0.05) is 48.5 Å². The molecule has 0 radical (unpaired) electrons. The molecule has 28 heavy (non-hydrogen) atoms. The van der Waals surface area contributed by atoms with Crippen LogP contribution in [0, 0.1) is 0 Å². The Kier molecular flexibility index (Phi) is 6.11. The molecule has 2 heterocycles. The number of para-hydroxylation sites is 1. The monoisotopic (exact) mass is 395 g/mol. The molecule has 0 spiro atoms. The maximum atomic E-state index is 6.02. The molecule has 4 rings (SSSR count). The van der Waals surface area contributed by atoms with E-state index in [1.54, 1.807) is 0 Å². The van der Waals surface area contributed by atoms with Gasteiger partial charge in [0.05, 0.1) is 30.6 Å². The van der Waals surface area contributed by atoms with Gasteiger partial charge in [-0.15, -0.1) is 4.37 Å². The summed E-state index contributed by atoms with van der Waals surface area (Å²) >= 11 is 1.15. The van der Waals surface area contributed by atoms with Crippen LogP contribution in [-0.2, 0) is 4.74 Å². The molecule has 1 aromatic heterocycles. The molecule has 1 saturated heterocycles. The van der Waals surface area contributed by atoms with Gasteiger partial charge in [0.25, 0.3) is 5.88 Å². The minimum atomic E-state index is 0.284. The number of hydrogen-bond donors (Lipinski definition) is 1. The second-order valence-corrected chi connectivity index (χ2v) is 6.71. The van der Waals surface area contributed by atoms with Crippen LogP contribution in [-0.4, -0.2) is 47.4 Å². The minimum Gasteiger partial charge on any atom is -0.468 e. The highest BCUT2D eigenvalue weighted by atomic mass is 32.1. The molecular weight excluding hydrogens is 374 g/mol. The number of morpholine rings is 1. The highest BCUT2D eigenvalue weighted by Crippen LogP contribution is 2.26. The first-order valence-corrected chi connectivity index (χ1v) is 9.84. The first-order chi connectivity index (χ1) is 13.9. The van der Waals surface area contributed by atoms with E-state index in [1.165, 1.54) is 0 Å². The fraction of sp³-hybridized carbons (Fsp3) is 0.250. The Bertz CT molecular complexity index is 895. The number of ether oxygens (including phenoxy) is 2. The molecule has 1 aliphatic rings. The summed E-state index contributed by atoms with van der Waals surface area (Å²) in [5.74, 6) is 1.31. The Morgan fingerprint density at radius 1 is 1.04 bits per heavy atom. The van der Waals surface area contributed by atoms with Gasteiger partial charge < -0.3 is 14.4 Å². The van der Waals surface area contributed by atoms with Gasteiger partial charge in [0.2, 0.25) is 5.82 Å². The largest absolute Gasteiger partial charge is 0.468 e. The van der Waals surface area contributed by atoms with Gasteiger partial charge in [0, 0.05) is 18.7 Å². The summed E-state index contributed by atoms with van der Waals surface area (Å²) < 4.78 is 20.2. The van der Waals surface area contributed by atoms with E-state index in [0.29, 0.717) is 19.1 Å². The van der Waals surface area contributed by atoms with E-state index in [9.17, 15) is 0 Å². The van der Waals surface area contributed by atoms with E-state index in [-0.39, 0.29) is 6.61 Å². The lowest BCUT2D eigenvalue weighted by Gasteiger charge is -2.26. The Morgan fingerprint density at radius 2 is 1.75 bits per heavy atom. The maximum Gasteiger partial charge on any atom is 0.271 e. The minimum absolute atomic E-state index is 0.284. The molecule has 1 fully saturated rings. The number of anilines is 2. The zero-order valence-electron chi connectivity index (χ0n) is 15.3. The standard InChI is InChI=1S/C20H21N5O2S/c1-3-7-16(8-4-1)18(22-21-17-9-5-2-6-10-17)15-27-20-19(23-28-24-20)25-11-13-26-14-12-25/h1-10,21H,11-15H2/b22-18-. The number of aromatic nitrogens is 2. The third kappa shape index (κ3) is 4.65. The van der Waals surface area contributed by atoms with Crippen molar-refractivity contribution >= 4 is 28.9 Å². The van der Waals surface area contributed by atoms with E-state index in [0.717, 1.165) is 47.6 Å². The third-order valence-corrected chi connectivity index (χ3v) is 4.80. The van der Waals surface area contributed by atoms with Crippen LogP contribution in [0.4, 0.5) is 11.5 Å². The van der Waals surface area contributed by atoms with Crippen LogP contribution in [0.3, 0.4) is 0 Å². The molecule has 0 amide bonds. The average molecular weight is 395 g/mol. The van der Waals surface area contributed by atoms with Gasteiger partial charge in [-0.2, -0.15) is 9.47 Å². The lowest BCUT2D eigenvalue weighted by molar-refractivity contribution is 0.122. The molecule has 144 valence electrons. The third-order valence-electron chi connectivity index (χ3n) is 4.30. The van der Waals surface area contributed by atoms with Crippen LogP contribution in [0.25, 0.3) is 0 Å². The van der Waals surface area contributed by atoms with Gasteiger partial charge in [0.15, 0.2) is 0 Å². The number of hydrogen-bond acceptors (Lipinski definition) is 8. The number of rotatable bonds is 7. The van der Waals surface area contributed by atoms with Crippen LogP contribution in [0.1, 0.15) is 5.56 Å². The van der Waals surface area contributed by atoms with Gasteiger partial charge in [-0.25, -0.2) is 0 Å². The smallest absolute Gasteiger partial charge is 0.271 e. The SMILES string of the molecule is c1ccc(N/N=C(/COc2nsnc2N2CCOCC2)c2ccccc2)cc1. The van der Waals surface area contributed by atoms with Gasteiger partial charge in [-0.05, 0) is 12.1 Å². The van der Waals surface area contributed by atoms with Crippen molar-refractivity contribution in [1.82, 2.24) is 8.75 Å². The fourth-order valence-electron chi connectivity index (χ4n) is 2.83. The van der Waals surface area contributed by atoms with E-state index >= 15 is 0 Å². The van der Waals surface area contributed by atoms with Gasteiger partial charge in [0.1, 0.15) is 12.3 Å². The second-order valence-electron chi connectivity index (χ2n) is 6.18. The molecule has 1 N–H and O–H groups in total. The normalized spacial score (nSPS) is 14.7. The van der Waals surface area contributed by atoms with Crippen molar-refractivity contribution in [1.29, 1.82) is 0 Å². The predicted molar refractivity (Wildman–Crippen MR) is 111 cm³/mol. The molecule has 1 aliphatic heterocycles. The van der Waals surface area contributed by atoms with Crippen LogP contribution < -0.4 is 15.1 Å². The lowest BCUT2D eigenvalue weighted by Crippen LogP contribution is -2.36. The number of nitrogens with one attached hydrogen (secondary N) is 1. The molecule has 0 atom stereocenters.